The van der Waals surface area contributed by atoms with Crippen molar-refractivity contribution >= 4 is 33.3 Å². The third-order valence-electron chi connectivity index (χ3n) is 11.1. The van der Waals surface area contributed by atoms with E-state index in [1.165, 1.54) is 12.3 Å². The van der Waals surface area contributed by atoms with Gasteiger partial charge in [-0.3, -0.25) is 19.7 Å². The SMILES string of the molecule is CN(c1nc(OC[C@@]23CCCN2C[C@H](F)C3)nc2c(F)c(-c3nc(N)cc4cccc(F)c34)ncc12)[C@@H]1CCN(C/C=C/CN2CCOCC2)C1. The van der Waals surface area contributed by atoms with Crippen LogP contribution in [0.5, 0.6) is 6.01 Å². The molecule has 4 aliphatic rings. The zero-order valence-corrected chi connectivity index (χ0v) is 28.9. The van der Waals surface area contributed by atoms with E-state index < -0.39 is 23.3 Å². The van der Waals surface area contributed by atoms with E-state index >= 15 is 8.78 Å². The molecule has 4 saturated heterocycles. The number of anilines is 2. The van der Waals surface area contributed by atoms with Crippen LogP contribution >= 0.6 is 0 Å². The van der Waals surface area contributed by atoms with E-state index in [2.05, 4.69) is 46.7 Å². The molecule has 4 aromatic rings. The van der Waals surface area contributed by atoms with Gasteiger partial charge in [-0.05, 0) is 43.3 Å². The first kappa shape index (κ1) is 34.0. The number of morpholine rings is 1. The number of benzene rings is 1. The number of halogens is 3. The molecule has 3 aromatic heterocycles. The summed E-state index contributed by atoms with van der Waals surface area (Å²) in [5, 5.41) is 0.998. The van der Waals surface area contributed by atoms with Gasteiger partial charge in [-0.1, -0.05) is 24.3 Å². The second-order valence-corrected chi connectivity index (χ2v) is 14.3. The molecular weight excluding hydrogens is 659 g/mol. The van der Waals surface area contributed by atoms with Gasteiger partial charge in [0, 0.05) is 76.9 Å². The van der Waals surface area contributed by atoms with Crippen molar-refractivity contribution in [3.8, 4) is 17.4 Å². The van der Waals surface area contributed by atoms with Gasteiger partial charge in [-0.25, -0.2) is 18.2 Å². The summed E-state index contributed by atoms with van der Waals surface area (Å²) in [5.41, 5.74) is 5.46. The Kier molecular flexibility index (Phi) is 9.42. The molecule has 0 bridgehead atoms. The van der Waals surface area contributed by atoms with Crippen molar-refractivity contribution in [1.82, 2.24) is 34.6 Å². The largest absolute Gasteiger partial charge is 0.461 e. The van der Waals surface area contributed by atoms with Crippen LogP contribution in [-0.2, 0) is 4.74 Å². The Morgan fingerprint density at radius 2 is 1.86 bits per heavy atom. The molecule has 51 heavy (non-hydrogen) atoms. The molecule has 0 spiro atoms. The van der Waals surface area contributed by atoms with Gasteiger partial charge in [0.15, 0.2) is 5.82 Å². The van der Waals surface area contributed by atoms with Crippen LogP contribution in [-0.4, -0.2) is 132 Å². The minimum atomic E-state index is -0.917. The Morgan fingerprint density at radius 3 is 2.71 bits per heavy atom. The molecule has 270 valence electrons. The Hall–Kier alpha value is -4.11. The standard InChI is InChI=1S/C37H44F3N9O2/c1-46(26-8-13-48(22-26)11-3-2-10-47-14-16-50-17-15-47)35-27-20-42-34(33-30-24(18-29(41)43-33)6-4-7-28(30)39)31(40)32(27)44-36(45-35)51-23-37-9-5-12-49(37)21-25(38)19-37/h2-4,6-7,18,20,25-26H,5,8-17,19,21-23H2,1H3,(H2,41,43)/b3-2+/t25-,26-,37+/m1/s1. The lowest BCUT2D eigenvalue weighted by Gasteiger charge is -2.31. The summed E-state index contributed by atoms with van der Waals surface area (Å²) in [6.45, 7) is 8.32. The molecule has 8 rings (SSSR count). The summed E-state index contributed by atoms with van der Waals surface area (Å²) < 4.78 is 58.3. The summed E-state index contributed by atoms with van der Waals surface area (Å²) in [6, 6.07) is 6.19. The summed E-state index contributed by atoms with van der Waals surface area (Å²) in [7, 11) is 1.95. The average molecular weight is 704 g/mol. The third kappa shape index (κ3) is 6.70. The predicted octanol–water partition coefficient (Wildman–Crippen LogP) is 4.45. The molecule has 0 saturated carbocycles. The molecule has 0 amide bonds. The molecule has 7 heterocycles. The van der Waals surface area contributed by atoms with E-state index in [9.17, 15) is 4.39 Å². The first-order valence-corrected chi connectivity index (χ1v) is 17.9. The van der Waals surface area contributed by atoms with Gasteiger partial charge in [0.1, 0.15) is 47.1 Å². The van der Waals surface area contributed by atoms with Gasteiger partial charge in [-0.15, -0.1) is 0 Å². The number of fused-ring (bicyclic) bond motifs is 3. The van der Waals surface area contributed by atoms with Crippen LogP contribution < -0.4 is 15.4 Å². The Labute approximate surface area is 295 Å². The lowest BCUT2D eigenvalue weighted by Crippen LogP contribution is -2.43. The molecule has 3 atom stereocenters. The van der Waals surface area contributed by atoms with E-state index in [1.807, 2.05) is 7.05 Å². The first-order valence-electron chi connectivity index (χ1n) is 17.9. The van der Waals surface area contributed by atoms with Crippen molar-refractivity contribution in [2.75, 3.05) is 89.9 Å². The smallest absolute Gasteiger partial charge is 0.319 e. The molecule has 2 N–H and O–H groups in total. The quantitative estimate of drug-likeness (QED) is 0.237. The van der Waals surface area contributed by atoms with Gasteiger partial charge in [0.2, 0.25) is 0 Å². The molecular formula is C37H44F3N9O2. The number of alkyl halides is 1. The highest BCUT2D eigenvalue weighted by Gasteiger charge is 2.49. The number of pyridine rings is 2. The lowest BCUT2D eigenvalue weighted by atomic mass is 9.95. The normalized spacial score (nSPS) is 24.7. The molecule has 0 radical (unpaired) electrons. The van der Waals surface area contributed by atoms with Gasteiger partial charge in [0.25, 0.3) is 0 Å². The van der Waals surface area contributed by atoms with Crippen LogP contribution in [0, 0.1) is 11.6 Å². The Morgan fingerprint density at radius 1 is 1.04 bits per heavy atom. The highest BCUT2D eigenvalue weighted by molar-refractivity contribution is 5.98. The monoisotopic (exact) mass is 703 g/mol. The van der Waals surface area contributed by atoms with Crippen molar-refractivity contribution in [2.45, 2.75) is 43.4 Å². The fraction of sp³-hybridized carbons (Fsp3) is 0.514. The van der Waals surface area contributed by atoms with Gasteiger partial charge >= 0.3 is 6.01 Å². The number of nitrogens with two attached hydrogens (primary N) is 1. The van der Waals surface area contributed by atoms with Gasteiger partial charge < -0.3 is 20.1 Å². The topological polar surface area (TPSA) is 109 Å². The van der Waals surface area contributed by atoms with Crippen LogP contribution in [0.3, 0.4) is 0 Å². The summed E-state index contributed by atoms with van der Waals surface area (Å²) >= 11 is 0. The number of hydrogen-bond donors (Lipinski definition) is 1. The highest BCUT2D eigenvalue weighted by Crippen LogP contribution is 2.41. The Bertz CT molecular complexity index is 1940. The third-order valence-corrected chi connectivity index (χ3v) is 11.1. The number of ether oxygens (including phenoxy) is 2. The summed E-state index contributed by atoms with van der Waals surface area (Å²) in [4.78, 5) is 27.2. The Balaban J connectivity index is 1.11. The van der Waals surface area contributed by atoms with Crippen LogP contribution in [0.4, 0.5) is 24.8 Å². The van der Waals surface area contributed by atoms with Crippen LogP contribution in [0.2, 0.25) is 0 Å². The molecule has 4 fully saturated rings. The van der Waals surface area contributed by atoms with Crippen molar-refractivity contribution in [1.29, 1.82) is 0 Å². The fourth-order valence-electron chi connectivity index (χ4n) is 8.32. The van der Waals surface area contributed by atoms with E-state index in [0.717, 1.165) is 78.3 Å². The summed E-state index contributed by atoms with van der Waals surface area (Å²) in [6.07, 6.45) is 8.09. The van der Waals surface area contributed by atoms with E-state index in [0.29, 0.717) is 29.6 Å². The number of likely N-dealkylation sites (tertiary alicyclic amines) is 1. The first-order chi connectivity index (χ1) is 24.8. The van der Waals surface area contributed by atoms with E-state index in [1.54, 1.807) is 18.2 Å². The second kappa shape index (κ2) is 14.1. The molecule has 14 heteroatoms. The highest BCUT2D eigenvalue weighted by atomic mass is 19.1. The molecule has 4 aliphatic heterocycles. The number of likely N-dealkylation sites (N-methyl/N-ethyl adjacent to an activating group) is 1. The minimum Gasteiger partial charge on any atom is -0.461 e. The summed E-state index contributed by atoms with van der Waals surface area (Å²) in [5.74, 6) is -0.745. The van der Waals surface area contributed by atoms with Gasteiger partial charge in [0.05, 0.1) is 24.1 Å². The number of nitrogen functional groups attached to an aromatic ring is 1. The number of nitrogens with zero attached hydrogens (tertiary/aromatic N) is 8. The zero-order chi connectivity index (χ0) is 35.1. The fourth-order valence-corrected chi connectivity index (χ4v) is 8.32. The van der Waals surface area contributed by atoms with Crippen LogP contribution in [0.15, 0.2) is 42.6 Å². The minimum absolute atomic E-state index is 0.00130. The van der Waals surface area contributed by atoms with Crippen molar-refractivity contribution in [3.63, 3.8) is 0 Å². The van der Waals surface area contributed by atoms with Crippen LogP contribution in [0.25, 0.3) is 33.1 Å². The number of hydrogen-bond acceptors (Lipinski definition) is 11. The van der Waals surface area contributed by atoms with E-state index in [4.69, 9.17) is 20.2 Å². The molecule has 11 nitrogen and oxygen atoms in total. The van der Waals surface area contributed by atoms with Crippen molar-refractivity contribution in [3.05, 3.63) is 54.2 Å². The van der Waals surface area contributed by atoms with Gasteiger partial charge in [-0.2, -0.15) is 9.97 Å². The molecule has 0 unspecified atom stereocenters. The number of aromatic nitrogens is 4. The maximum atomic E-state index is 16.8. The predicted molar refractivity (Wildman–Crippen MR) is 191 cm³/mol. The second-order valence-electron chi connectivity index (χ2n) is 14.3. The zero-order valence-electron chi connectivity index (χ0n) is 28.9. The average Bonchev–Trinajstić information content (AvgIpc) is 3.84. The van der Waals surface area contributed by atoms with Crippen molar-refractivity contribution < 1.29 is 22.6 Å². The lowest BCUT2D eigenvalue weighted by molar-refractivity contribution is 0.0434. The molecule has 1 aromatic carbocycles. The van der Waals surface area contributed by atoms with Crippen molar-refractivity contribution in [2.24, 2.45) is 0 Å². The maximum Gasteiger partial charge on any atom is 0.319 e. The van der Waals surface area contributed by atoms with Crippen LogP contribution in [0.1, 0.15) is 25.7 Å². The van der Waals surface area contributed by atoms with E-state index in [-0.39, 0.29) is 46.8 Å². The molecule has 0 aliphatic carbocycles. The number of rotatable bonds is 10. The maximum absolute atomic E-state index is 16.8.